The van der Waals surface area contributed by atoms with Gasteiger partial charge in [-0.3, -0.25) is 4.90 Å². The van der Waals surface area contributed by atoms with E-state index in [1.54, 1.807) is 0 Å². The summed E-state index contributed by atoms with van der Waals surface area (Å²) in [5, 5.41) is 15.2. The summed E-state index contributed by atoms with van der Waals surface area (Å²) in [4.78, 5) is 18.4. The van der Waals surface area contributed by atoms with Crippen molar-refractivity contribution >= 4 is 27.5 Å². The summed E-state index contributed by atoms with van der Waals surface area (Å²) in [6.07, 6.45) is 8.42. The topological polar surface area (TPSA) is 95.9 Å². The first-order valence-electron chi connectivity index (χ1n) is 16.3. The zero-order valence-corrected chi connectivity index (χ0v) is 26.0. The van der Waals surface area contributed by atoms with E-state index in [1.165, 1.54) is 24.3 Å². The van der Waals surface area contributed by atoms with Crippen LogP contribution in [0.4, 0.5) is 19.0 Å². The van der Waals surface area contributed by atoms with Gasteiger partial charge in [-0.15, -0.1) is 6.42 Å². The summed E-state index contributed by atoms with van der Waals surface area (Å²) in [5.74, 6) is 1.31. The van der Waals surface area contributed by atoms with Gasteiger partial charge in [0.1, 0.15) is 46.8 Å². The Hall–Kier alpha value is -4.34. The van der Waals surface area contributed by atoms with E-state index in [-0.39, 0.29) is 64.1 Å². The molecule has 0 bridgehead atoms. The number of hydrogen-bond donors (Lipinski definition) is 2. The minimum absolute atomic E-state index is 0.0119. The van der Waals surface area contributed by atoms with E-state index < -0.39 is 23.3 Å². The smallest absolute Gasteiger partial charge is 0.319 e. The Morgan fingerprint density at radius 3 is 2.89 bits per heavy atom. The standard InChI is InChI=1S/C35H35F3N6O3/c1-3-22-24(37)7-6-19-14-21(45)15-23(27(19)22)30-29(38)31-28-32(44-12-10-39-25(4-2)26(44)8-13-46-33(28)40-30)42-34(41-31)47-18-35-9-5-11-43(35)17-20(36)16-35/h1,6-7,14-15,20,25-26,39,45H,4-5,8-13,16-18H2,2H3/t20-,25+,26-,35+/m1/s1. The molecule has 0 spiro atoms. The van der Waals surface area contributed by atoms with E-state index in [0.29, 0.717) is 55.7 Å². The van der Waals surface area contributed by atoms with Crippen LogP contribution in [0.15, 0.2) is 24.3 Å². The molecule has 0 radical (unpaired) electrons. The summed E-state index contributed by atoms with van der Waals surface area (Å²) in [6, 6.07) is 5.57. The summed E-state index contributed by atoms with van der Waals surface area (Å²) < 4.78 is 59.1. The third-order valence-corrected chi connectivity index (χ3v) is 10.4. The lowest BCUT2D eigenvalue weighted by atomic mass is 9.95. The molecule has 244 valence electrons. The first kappa shape index (κ1) is 30.0. The van der Waals surface area contributed by atoms with Crippen molar-refractivity contribution in [2.45, 2.75) is 62.8 Å². The molecule has 2 aromatic carbocycles. The van der Waals surface area contributed by atoms with E-state index >= 15 is 4.39 Å². The Kier molecular flexibility index (Phi) is 7.29. The molecule has 8 rings (SSSR count). The zero-order chi connectivity index (χ0) is 32.4. The fourth-order valence-electron chi connectivity index (χ4n) is 8.26. The molecule has 4 aliphatic rings. The lowest BCUT2D eigenvalue weighted by Gasteiger charge is -2.43. The molecule has 47 heavy (non-hydrogen) atoms. The normalized spacial score (nSPS) is 25.6. The zero-order valence-electron chi connectivity index (χ0n) is 26.0. The van der Waals surface area contributed by atoms with Gasteiger partial charge in [0.2, 0.25) is 5.88 Å². The molecule has 0 saturated carbocycles. The van der Waals surface area contributed by atoms with Crippen molar-refractivity contribution in [2.24, 2.45) is 0 Å². The molecular formula is C35H35F3N6O3. The number of alkyl halides is 1. The molecule has 3 fully saturated rings. The Morgan fingerprint density at radius 2 is 2.06 bits per heavy atom. The molecule has 12 heteroatoms. The van der Waals surface area contributed by atoms with Crippen LogP contribution >= 0.6 is 0 Å². The molecule has 3 saturated heterocycles. The van der Waals surface area contributed by atoms with Crippen LogP contribution in [0, 0.1) is 24.0 Å². The molecule has 4 aliphatic heterocycles. The highest BCUT2D eigenvalue weighted by Crippen LogP contribution is 2.44. The number of benzene rings is 2. The van der Waals surface area contributed by atoms with Crippen LogP contribution in [-0.2, 0) is 0 Å². The molecule has 4 atom stereocenters. The number of aromatic nitrogens is 3. The third-order valence-electron chi connectivity index (χ3n) is 10.4. The van der Waals surface area contributed by atoms with Crippen LogP contribution in [0.5, 0.6) is 17.6 Å². The molecule has 0 unspecified atom stereocenters. The van der Waals surface area contributed by atoms with Crippen molar-refractivity contribution in [2.75, 3.05) is 44.3 Å². The van der Waals surface area contributed by atoms with Crippen LogP contribution in [0.25, 0.3) is 32.9 Å². The predicted molar refractivity (Wildman–Crippen MR) is 172 cm³/mol. The van der Waals surface area contributed by atoms with Gasteiger partial charge in [0.25, 0.3) is 0 Å². The van der Waals surface area contributed by atoms with Crippen molar-refractivity contribution in [3.8, 4) is 41.2 Å². The summed E-state index contributed by atoms with van der Waals surface area (Å²) >= 11 is 0. The average molecular weight is 645 g/mol. The highest BCUT2D eigenvalue weighted by Gasteiger charge is 2.49. The number of nitrogens with zero attached hydrogens (tertiary/aromatic N) is 5. The van der Waals surface area contributed by atoms with E-state index in [2.05, 4.69) is 37.9 Å². The minimum atomic E-state index is -0.932. The number of phenolic OH excluding ortho intramolecular Hbond substituents is 1. The fraction of sp³-hybridized carbons (Fsp3) is 0.457. The number of halogens is 3. The number of fused-ring (bicyclic) bond motifs is 4. The molecule has 0 aliphatic carbocycles. The number of piperazine rings is 1. The molecule has 9 nitrogen and oxygen atoms in total. The second-order valence-electron chi connectivity index (χ2n) is 13.0. The van der Waals surface area contributed by atoms with Crippen molar-refractivity contribution < 1.29 is 27.8 Å². The molecule has 4 aromatic rings. The van der Waals surface area contributed by atoms with Crippen molar-refractivity contribution in [3.63, 3.8) is 0 Å². The third kappa shape index (κ3) is 4.81. The lowest BCUT2D eigenvalue weighted by molar-refractivity contribution is 0.107. The summed E-state index contributed by atoms with van der Waals surface area (Å²) in [5.41, 5.74) is -0.717. The van der Waals surface area contributed by atoms with Crippen LogP contribution in [0.2, 0.25) is 0 Å². The van der Waals surface area contributed by atoms with Gasteiger partial charge in [-0.2, -0.15) is 9.97 Å². The number of ether oxygens (including phenoxy) is 2. The lowest BCUT2D eigenvalue weighted by Crippen LogP contribution is -2.59. The number of terminal acetylenes is 1. The number of aromatic hydroxyl groups is 1. The van der Waals surface area contributed by atoms with Gasteiger partial charge < -0.3 is 24.8 Å². The van der Waals surface area contributed by atoms with Gasteiger partial charge in [-0.25, -0.2) is 18.2 Å². The maximum absolute atomic E-state index is 17.1. The van der Waals surface area contributed by atoms with E-state index in [0.717, 1.165) is 25.8 Å². The minimum Gasteiger partial charge on any atom is -0.508 e. The fourth-order valence-corrected chi connectivity index (χ4v) is 8.26. The summed E-state index contributed by atoms with van der Waals surface area (Å²) in [6.45, 7) is 5.08. The Labute approximate surface area is 270 Å². The Bertz CT molecular complexity index is 1950. The largest absolute Gasteiger partial charge is 0.508 e. The number of nitrogens with one attached hydrogen (secondary N) is 1. The van der Waals surface area contributed by atoms with Gasteiger partial charge in [0.05, 0.1) is 17.7 Å². The highest BCUT2D eigenvalue weighted by atomic mass is 19.1. The second kappa shape index (κ2) is 11.4. The maximum Gasteiger partial charge on any atom is 0.319 e. The van der Waals surface area contributed by atoms with Gasteiger partial charge in [-0.05, 0) is 49.4 Å². The van der Waals surface area contributed by atoms with Crippen LogP contribution in [-0.4, -0.2) is 88.1 Å². The Morgan fingerprint density at radius 1 is 1.19 bits per heavy atom. The van der Waals surface area contributed by atoms with Gasteiger partial charge in [0, 0.05) is 55.5 Å². The molecule has 0 amide bonds. The molecule has 2 aromatic heterocycles. The van der Waals surface area contributed by atoms with Crippen molar-refractivity contribution in [3.05, 3.63) is 41.5 Å². The van der Waals surface area contributed by atoms with Crippen molar-refractivity contribution in [1.29, 1.82) is 0 Å². The van der Waals surface area contributed by atoms with Crippen molar-refractivity contribution in [1.82, 2.24) is 25.2 Å². The van der Waals surface area contributed by atoms with Crippen LogP contribution in [0.3, 0.4) is 0 Å². The summed E-state index contributed by atoms with van der Waals surface area (Å²) in [7, 11) is 0. The van der Waals surface area contributed by atoms with Crippen LogP contribution < -0.4 is 19.7 Å². The maximum atomic E-state index is 17.1. The number of pyridine rings is 1. The highest BCUT2D eigenvalue weighted by molar-refractivity contribution is 6.04. The average Bonchev–Trinajstić information content (AvgIpc) is 3.59. The van der Waals surface area contributed by atoms with Gasteiger partial charge in [0.15, 0.2) is 5.82 Å². The number of hydrogen-bond acceptors (Lipinski definition) is 9. The van der Waals surface area contributed by atoms with Gasteiger partial charge in [-0.1, -0.05) is 18.9 Å². The van der Waals surface area contributed by atoms with Crippen LogP contribution in [0.1, 0.15) is 44.6 Å². The number of phenols is 1. The van der Waals surface area contributed by atoms with E-state index in [4.69, 9.17) is 20.9 Å². The molecule has 6 heterocycles. The first-order chi connectivity index (χ1) is 22.8. The second-order valence-corrected chi connectivity index (χ2v) is 13.0. The monoisotopic (exact) mass is 644 g/mol. The predicted octanol–water partition coefficient (Wildman–Crippen LogP) is 5.10. The van der Waals surface area contributed by atoms with Gasteiger partial charge >= 0.3 is 6.01 Å². The molecular weight excluding hydrogens is 609 g/mol. The Balaban J connectivity index is 1.34. The number of anilines is 1. The quantitative estimate of drug-likeness (QED) is 0.288. The van der Waals surface area contributed by atoms with E-state index in [1.807, 2.05) is 0 Å². The molecule has 2 N–H and O–H groups in total. The number of rotatable bonds is 5. The first-order valence-corrected chi connectivity index (χ1v) is 16.3. The SMILES string of the molecule is C#Cc1c(F)ccc2cc(O)cc(-c3nc4c5c(nc(OC[C@@]67CCCN6C[C@H](F)C7)nc5c3F)N3CCN[C@@H](CC)[C@H]3CCO4)c12. The van der Waals surface area contributed by atoms with E-state index in [9.17, 15) is 13.9 Å².